The molecule has 4 heteroatoms. The molecule has 0 radical (unpaired) electrons. The number of ether oxygens (including phenoxy) is 1. The molecule has 2 rings (SSSR count). The smallest absolute Gasteiger partial charge is 0.131 e. The first-order valence-corrected chi connectivity index (χ1v) is 6.37. The SMILES string of the molecule is CNCc1ccc(OCc2ccc(Cl)cc2F)cc1. The Morgan fingerprint density at radius 3 is 2.53 bits per heavy atom. The van der Waals surface area contributed by atoms with Crippen LogP contribution in [0, 0.1) is 5.82 Å². The minimum atomic E-state index is -0.348. The van der Waals surface area contributed by atoms with E-state index in [1.54, 1.807) is 12.1 Å². The molecule has 0 amide bonds. The fourth-order valence-corrected chi connectivity index (χ4v) is 1.87. The van der Waals surface area contributed by atoms with Crippen molar-refractivity contribution in [3.63, 3.8) is 0 Å². The molecular weight excluding hydrogens is 265 g/mol. The first kappa shape index (κ1) is 13.8. The highest BCUT2D eigenvalue weighted by atomic mass is 35.5. The van der Waals surface area contributed by atoms with E-state index in [9.17, 15) is 4.39 Å². The molecule has 2 nitrogen and oxygen atoms in total. The molecule has 0 aliphatic rings. The van der Waals surface area contributed by atoms with E-state index in [4.69, 9.17) is 16.3 Å². The number of halogens is 2. The molecule has 0 fully saturated rings. The van der Waals surface area contributed by atoms with E-state index in [2.05, 4.69) is 5.32 Å². The van der Waals surface area contributed by atoms with E-state index in [-0.39, 0.29) is 12.4 Å². The monoisotopic (exact) mass is 279 g/mol. The molecule has 100 valence electrons. The number of rotatable bonds is 5. The third kappa shape index (κ3) is 3.94. The van der Waals surface area contributed by atoms with Crippen molar-refractivity contribution in [2.45, 2.75) is 13.2 Å². The highest BCUT2D eigenvalue weighted by Crippen LogP contribution is 2.18. The van der Waals surface area contributed by atoms with Crippen LogP contribution in [0.5, 0.6) is 5.75 Å². The molecule has 2 aromatic carbocycles. The molecule has 0 bridgehead atoms. The van der Waals surface area contributed by atoms with Crippen LogP contribution in [0.3, 0.4) is 0 Å². The standard InChI is InChI=1S/C15H15ClFNO/c1-18-9-11-2-6-14(7-3-11)19-10-12-4-5-13(16)8-15(12)17/h2-8,18H,9-10H2,1H3. The van der Waals surface area contributed by atoms with Gasteiger partial charge in [-0.05, 0) is 36.9 Å². The van der Waals surface area contributed by atoms with Crippen molar-refractivity contribution in [1.82, 2.24) is 5.32 Å². The zero-order valence-electron chi connectivity index (χ0n) is 10.6. The van der Waals surface area contributed by atoms with Crippen LogP contribution in [-0.2, 0) is 13.2 Å². The van der Waals surface area contributed by atoms with Gasteiger partial charge < -0.3 is 10.1 Å². The van der Waals surface area contributed by atoms with Crippen molar-refractivity contribution >= 4 is 11.6 Å². The lowest BCUT2D eigenvalue weighted by Crippen LogP contribution is -2.04. The van der Waals surface area contributed by atoms with E-state index >= 15 is 0 Å². The third-order valence-electron chi connectivity index (χ3n) is 2.71. The maximum atomic E-state index is 13.5. The summed E-state index contributed by atoms with van der Waals surface area (Å²) in [7, 11) is 1.90. The lowest BCUT2D eigenvalue weighted by molar-refractivity contribution is 0.300. The highest BCUT2D eigenvalue weighted by Gasteiger charge is 2.04. The fraction of sp³-hybridized carbons (Fsp3) is 0.200. The van der Waals surface area contributed by atoms with Gasteiger partial charge in [0.15, 0.2) is 0 Å². The topological polar surface area (TPSA) is 21.3 Å². The minimum Gasteiger partial charge on any atom is -0.489 e. The Bertz CT molecular complexity index is 542. The normalized spacial score (nSPS) is 10.5. The van der Waals surface area contributed by atoms with Gasteiger partial charge in [-0.15, -0.1) is 0 Å². The van der Waals surface area contributed by atoms with Gasteiger partial charge in [0, 0.05) is 17.1 Å². The van der Waals surface area contributed by atoms with Gasteiger partial charge in [0.2, 0.25) is 0 Å². The van der Waals surface area contributed by atoms with Gasteiger partial charge in [-0.1, -0.05) is 29.8 Å². The Labute approximate surface area is 117 Å². The summed E-state index contributed by atoms with van der Waals surface area (Å²) >= 11 is 5.69. The Hall–Kier alpha value is -1.58. The fourth-order valence-electron chi connectivity index (χ4n) is 1.71. The molecule has 1 N–H and O–H groups in total. The zero-order valence-corrected chi connectivity index (χ0v) is 11.4. The van der Waals surface area contributed by atoms with Crippen molar-refractivity contribution in [1.29, 1.82) is 0 Å². The maximum absolute atomic E-state index is 13.5. The second-order valence-corrected chi connectivity index (χ2v) is 4.64. The average molecular weight is 280 g/mol. The summed E-state index contributed by atoms with van der Waals surface area (Å²) in [5.74, 6) is 0.369. The number of hydrogen-bond donors (Lipinski definition) is 1. The van der Waals surface area contributed by atoms with E-state index < -0.39 is 0 Å². The summed E-state index contributed by atoms with van der Waals surface area (Å²) in [5, 5.41) is 3.46. The number of benzene rings is 2. The van der Waals surface area contributed by atoms with Crippen LogP contribution in [0.25, 0.3) is 0 Å². The molecular formula is C15H15ClFNO. The Morgan fingerprint density at radius 1 is 1.16 bits per heavy atom. The van der Waals surface area contributed by atoms with Crippen LogP contribution in [-0.4, -0.2) is 7.05 Å². The Balaban J connectivity index is 1.98. The van der Waals surface area contributed by atoms with Crippen LogP contribution in [0.2, 0.25) is 5.02 Å². The van der Waals surface area contributed by atoms with Crippen molar-refractivity contribution in [2.24, 2.45) is 0 Å². The van der Waals surface area contributed by atoms with Crippen molar-refractivity contribution in [2.75, 3.05) is 7.05 Å². The summed E-state index contributed by atoms with van der Waals surface area (Å²) < 4.78 is 19.1. The molecule has 0 spiro atoms. The van der Waals surface area contributed by atoms with E-state index in [1.165, 1.54) is 11.6 Å². The Kier molecular flexibility index (Phi) is 4.77. The molecule has 0 aliphatic carbocycles. The van der Waals surface area contributed by atoms with Gasteiger partial charge in [-0.3, -0.25) is 0 Å². The zero-order chi connectivity index (χ0) is 13.7. The van der Waals surface area contributed by atoms with Crippen molar-refractivity contribution in [3.05, 3.63) is 64.4 Å². The van der Waals surface area contributed by atoms with Gasteiger partial charge in [0.05, 0.1) is 0 Å². The second-order valence-electron chi connectivity index (χ2n) is 4.20. The van der Waals surface area contributed by atoms with Crippen LogP contribution < -0.4 is 10.1 Å². The third-order valence-corrected chi connectivity index (χ3v) is 2.95. The minimum absolute atomic E-state index is 0.189. The summed E-state index contributed by atoms with van der Waals surface area (Å²) in [6.45, 7) is 1.00. The van der Waals surface area contributed by atoms with Gasteiger partial charge in [0.25, 0.3) is 0 Å². The lowest BCUT2D eigenvalue weighted by Gasteiger charge is -2.08. The highest BCUT2D eigenvalue weighted by molar-refractivity contribution is 6.30. The van der Waals surface area contributed by atoms with Gasteiger partial charge >= 0.3 is 0 Å². The second kappa shape index (κ2) is 6.55. The summed E-state index contributed by atoms with van der Waals surface area (Å²) in [6, 6.07) is 12.3. The van der Waals surface area contributed by atoms with Crippen molar-refractivity contribution < 1.29 is 9.13 Å². The Morgan fingerprint density at radius 2 is 1.89 bits per heavy atom. The average Bonchev–Trinajstić information content (AvgIpc) is 2.40. The lowest BCUT2D eigenvalue weighted by atomic mass is 10.2. The molecule has 19 heavy (non-hydrogen) atoms. The summed E-state index contributed by atoms with van der Waals surface area (Å²) in [5.41, 5.74) is 1.66. The molecule has 0 unspecified atom stereocenters. The van der Waals surface area contributed by atoms with E-state index in [1.807, 2.05) is 31.3 Å². The predicted molar refractivity (Wildman–Crippen MR) is 74.9 cm³/mol. The first-order chi connectivity index (χ1) is 9.19. The van der Waals surface area contributed by atoms with Gasteiger partial charge in [-0.2, -0.15) is 0 Å². The first-order valence-electron chi connectivity index (χ1n) is 5.99. The molecule has 0 aromatic heterocycles. The molecule has 2 aromatic rings. The number of nitrogens with one attached hydrogen (secondary N) is 1. The van der Waals surface area contributed by atoms with Crippen LogP contribution in [0.4, 0.5) is 4.39 Å². The molecule has 0 atom stereocenters. The quantitative estimate of drug-likeness (QED) is 0.899. The predicted octanol–water partition coefficient (Wildman–Crippen LogP) is 3.78. The van der Waals surface area contributed by atoms with Crippen LogP contribution in [0.1, 0.15) is 11.1 Å². The molecule has 0 saturated carbocycles. The van der Waals surface area contributed by atoms with E-state index in [0.717, 1.165) is 6.54 Å². The summed E-state index contributed by atoms with van der Waals surface area (Å²) in [4.78, 5) is 0. The van der Waals surface area contributed by atoms with Gasteiger partial charge in [-0.25, -0.2) is 4.39 Å². The largest absolute Gasteiger partial charge is 0.489 e. The molecule has 0 heterocycles. The van der Waals surface area contributed by atoms with Crippen LogP contribution in [0.15, 0.2) is 42.5 Å². The van der Waals surface area contributed by atoms with Gasteiger partial charge in [0.1, 0.15) is 18.2 Å². The molecule has 0 aliphatic heterocycles. The molecule has 0 saturated heterocycles. The maximum Gasteiger partial charge on any atom is 0.131 e. The van der Waals surface area contributed by atoms with E-state index in [0.29, 0.717) is 16.3 Å². The van der Waals surface area contributed by atoms with Crippen molar-refractivity contribution in [3.8, 4) is 5.75 Å². The number of hydrogen-bond acceptors (Lipinski definition) is 2. The summed E-state index contributed by atoms with van der Waals surface area (Å²) in [6.07, 6.45) is 0. The van der Waals surface area contributed by atoms with Crippen LogP contribution >= 0.6 is 11.6 Å².